The Hall–Kier alpha value is -2.20. The van der Waals surface area contributed by atoms with Crippen molar-refractivity contribution in [3.05, 3.63) is 55.4 Å². The maximum atomic E-state index is 12.2. The van der Waals surface area contributed by atoms with Crippen molar-refractivity contribution >= 4 is 13.5 Å². The van der Waals surface area contributed by atoms with Gasteiger partial charge in [0.1, 0.15) is 5.75 Å². The standard InChI is InChI=1S/C12H16N3O3P/c1-4-13-19(17,14-5-2)15-12(16)10-7-6-8-11(9-10)18-3/h4-9H,1-2H2,3H3,(H3,13,14,15,16,17). The number of rotatable bonds is 7. The molecule has 0 aliphatic heterocycles. The lowest BCUT2D eigenvalue weighted by Gasteiger charge is -2.18. The zero-order chi connectivity index (χ0) is 14.3. The molecule has 102 valence electrons. The van der Waals surface area contributed by atoms with Gasteiger partial charge in [0, 0.05) is 5.56 Å². The highest BCUT2D eigenvalue weighted by atomic mass is 31.2. The first-order chi connectivity index (χ1) is 9.04. The average Bonchev–Trinajstić information content (AvgIpc) is 2.39. The molecule has 0 spiro atoms. The second-order valence-electron chi connectivity index (χ2n) is 3.45. The summed E-state index contributed by atoms with van der Waals surface area (Å²) in [5.74, 6) is 0.0294. The first kappa shape index (κ1) is 14.9. The lowest BCUT2D eigenvalue weighted by atomic mass is 10.2. The van der Waals surface area contributed by atoms with Crippen LogP contribution in [0.15, 0.2) is 49.8 Å². The molecular weight excluding hydrogens is 265 g/mol. The minimum Gasteiger partial charge on any atom is -0.497 e. The van der Waals surface area contributed by atoms with Gasteiger partial charge in [-0.2, -0.15) is 0 Å². The summed E-state index contributed by atoms with van der Waals surface area (Å²) in [6, 6.07) is 6.51. The van der Waals surface area contributed by atoms with Crippen LogP contribution in [0, 0.1) is 0 Å². The summed E-state index contributed by atoms with van der Waals surface area (Å²) >= 11 is 0. The van der Waals surface area contributed by atoms with Crippen molar-refractivity contribution in [2.75, 3.05) is 7.11 Å². The lowest BCUT2D eigenvalue weighted by molar-refractivity contribution is 0.0979. The van der Waals surface area contributed by atoms with Gasteiger partial charge in [-0.3, -0.25) is 14.4 Å². The van der Waals surface area contributed by atoms with E-state index in [9.17, 15) is 9.36 Å². The summed E-state index contributed by atoms with van der Waals surface area (Å²) in [6.07, 6.45) is 2.45. The Morgan fingerprint density at radius 2 is 1.95 bits per heavy atom. The molecule has 0 atom stereocenters. The molecule has 1 aromatic carbocycles. The quantitative estimate of drug-likeness (QED) is 0.666. The fourth-order valence-corrected chi connectivity index (χ4v) is 2.46. The average molecular weight is 281 g/mol. The molecule has 0 unspecified atom stereocenters. The van der Waals surface area contributed by atoms with Crippen LogP contribution in [0.2, 0.25) is 0 Å². The van der Waals surface area contributed by atoms with E-state index in [0.29, 0.717) is 11.3 Å². The number of ether oxygens (including phenoxy) is 1. The fraction of sp³-hybridized carbons (Fsp3) is 0.0833. The number of nitrogens with one attached hydrogen (secondary N) is 3. The van der Waals surface area contributed by atoms with Gasteiger partial charge < -0.3 is 14.9 Å². The van der Waals surface area contributed by atoms with Gasteiger partial charge >= 0.3 is 7.59 Å². The van der Waals surface area contributed by atoms with E-state index in [1.807, 2.05) is 0 Å². The number of carbonyl (C=O) groups excluding carboxylic acids is 1. The smallest absolute Gasteiger partial charge is 0.354 e. The number of methoxy groups -OCH3 is 1. The molecule has 0 heterocycles. The van der Waals surface area contributed by atoms with Gasteiger partial charge in [0.25, 0.3) is 5.91 Å². The molecule has 0 radical (unpaired) electrons. The molecule has 7 heteroatoms. The largest absolute Gasteiger partial charge is 0.497 e. The summed E-state index contributed by atoms with van der Waals surface area (Å²) in [7, 11) is -1.84. The van der Waals surface area contributed by atoms with Crippen LogP contribution in [0.5, 0.6) is 5.75 Å². The maximum Gasteiger partial charge on any atom is 0.354 e. The van der Waals surface area contributed by atoms with Crippen LogP contribution >= 0.6 is 7.59 Å². The molecule has 3 N–H and O–H groups in total. The molecule has 1 aromatic rings. The highest BCUT2D eigenvalue weighted by Gasteiger charge is 2.22. The Morgan fingerprint density at radius 3 is 2.47 bits per heavy atom. The number of benzene rings is 1. The zero-order valence-corrected chi connectivity index (χ0v) is 11.4. The fourth-order valence-electron chi connectivity index (χ4n) is 1.33. The molecule has 0 aliphatic rings. The van der Waals surface area contributed by atoms with Crippen LogP contribution in [0.1, 0.15) is 10.4 Å². The molecule has 6 nitrogen and oxygen atoms in total. The van der Waals surface area contributed by atoms with Gasteiger partial charge in [-0.15, -0.1) is 0 Å². The zero-order valence-electron chi connectivity index (χ0n) is 10.6. The molecular formula is C12H16N3O3P. The topological polar surface area (TPSA) is 79.5 Å². The summed E-state index contributed by atoms with van der Waals surface area (Å²) in [5.41, 5.74) is 0.330. The predicted molar refractivity (Wildman–Crippen MR) is 74.7 cm³/mol. The lowest BCUT2D eigenvalue weighted by Crippen LogP contribution is -2.31. The summed E-state index contributed by atoms with van der Waals surface area (Å²) < 4.78 is 17.2. The van der Waals surface area contributed by atoms with Gasteiger partial charge in [-0.1, -0.05) is 19.2 Å². The molecule has 0 aliphatic carbocycles. The van der Waals surface area contributed by atoms with Crippen molar-refractivity contribution in [1.82, 2.24) is 15.3 Å². The summed E-state index contributed by atoms with van der Waals surface area (Å²) in [6.45, 7) is 6.81. The van der Waals surface area contributed by atoms with Crippen LogP contribution < -0.4 is 20.0 Å². The number of carbonyl (C=O) groups is 1. The second-order valence-corrected chi connectivity index (χ2v) is 5.41. The van der Waals surface area contributed by atoms with Crippen molar-refractivity contribution in [3.8, 4) is 5.75 Å². The van der Waals surface area contributed by atoms with E-state index in [1.165, 1.54) is 19.5 Å². The predicted octanol–water partition coefficient (Wildman–Crippen LogP) is 2.00. The van der Waals surface area contributed by atoms with E-state index >= 15 is 0 Å². The number of amides is 1. The molecule has 0 saturated heterocycles. The van der Waals surface area contributed by atoms with Crippen LogP contribution in [0.3, 0.4) is 0 Å². The Bertz CT molecular complexity index is 517. The van der Waals surface area contributed by atoms with E-state index in [1.54, 1.807) is 24.3 Å². The second kappa shape index (κ2) is 6.66. The molecule has 0 saturated carbocycles. The summed E-state index contributed by atoms with van der Waals surface area (Å²) in [5, 5.41) is 7.29. The maximum absolute atomic E-state index is 12.2. The Labute approximate surface area is 112 Å². The summed E-state index contributed by atoms with van der Waals surface area (Å²) in [4.78, 5) is 12.0. The van der Waals surface area contributed by atoms with Gasteiger partial charge in [0.2, 0.25) is 0 Å². The van der Waals surface area contributed by atoms with E-state index in [2.05, 4.69) is 28.4 Å². The van der Waals surface area contributed by atoms with Crippen molar-refractivity contribution in [2.45, 2.75) is 0 Å². The Morgan fingerprint density at radius 1 is 1.32 bits per heavy atom. The van der Waals surface area contributed by atoms with Gasteiger partial charge in [-0.25, -0.2) is 0 Å². The highest BCUT2D eigenvalue weighted by molar-refractivity contribution is 7.58. The van der Waals surface area contributed by atoms with Crippen molar-refractivity contribution in [2.24, 2.45) is 0 Å². The van der Waals surface area contributed by atoms with Gasteiger partial charge in [0.15, 0.2) is 0 Å². The van der Waals surface area contributed by atoms with Crippen LogP contribution in [-0.4, -0.2) is 13.0 Å². The van der Waals surface area contributed by atoms with Crippen molar-refractivity contribution in [3.63, 3.8) is 0 Å². The Kier molecular flexibility index (Phi) is 5.21. The van der Waals surface area contributed by atoms with E-state index in [0.717, 1.165) is 0 Å². The minimum atomic E-state index is -3.34. The molecule has 0 fully saturated rings. The van der Waals surface area contributed by atoms with Crippen LogP contribution in [-0.2, 0) is 4.57 Å². The number of hydrogen-bond acceptors (Lipinski definition) is 3. The van der Waals surface area contributed by atoms with Gasteiger partial charge in [-0.05, 0) is 30.6 Å². The highest BCUT2D eigenvalue weighted by Crippen LogP contribution is 2.30. The van der Waals surface area contributed by atoms with E-state index < -0.39 is 13.5 Å². The third kappa shape index (κ3) is 4.19. The SMILES string of the molecule is C=CNP(=O)(NC=C)NC(=O)c1cccc(OC)c1. The molecule has 0 aromatic heterocycles. The first-order valence-corrected chi connectivity index (χ1v) is 7.09. The first-order valence-electron chi connectivity index (χ1n) is 5.39. The molecule has 1 amide bonds. The molecule has 0 bridgehead atoms. The third-order valence-electron chi connectivity index (χ3n) is 2.14. The minimum absolute atomic E-state index is 0.330. The number of hydrogen-bond donors (Lipinski definition) is 3. The van der Waals surface area contributed by atoms with Gasteiger partial charge in [0.05, 0.1) is 7.11 Å². The van der Waals surface area contributed by atoms with E-state index in [-0.39, 0.29) is 0 Å². The Balaban J connectivity index is 2.90. The van der Waals surface area contributed by atoms with Crippen LogP contribution in [0.4, 0.5) is 0 Å². The van der Waals surface area contributed by atoms with Crippen molar-refractivity contribution < 1.29 is 14.1 Å². The monoisotopic (exact) mass is 281 g/mol. The normalized spacial score (nSPS) is 10.2. The van der Waals surface area contributed by atoms with Crippen LogP contribution in [0.25, 0.3) is 0 Å². The molecule has 1 rings (SSSR count). The van der Waals surface area contributed by atoms with E-state index in [4.69, 9.17) is 4.74 Å². The molecule has 19 heavy (non-hydrogen) atoms. The van der Waals surface area contributed by atoms with Crippen molar-refractivity contribution in [1.29, 1.82) is 0 Å². The third-order valence-corrected chi connectivity index (χ3v) is 3.75.